The van der Waals surface area contributed by atoms with Crippen LogP contribution in [0.25, 0.3) is 0 Å². The van der Waals surface area contributed by atoms with Crippen molar-refractivity contribution in [2.45, 2.75) is 26.3 Å². The van der Waals surface area contributed by atoms with Crippen molar-refractivity contribution < 1.29 is 5.11 Å². The number of aliphatic hydroxyl groups is 1. The summed E-state index contributed by atoms with van der Waals surface area (Å²) >= 11 is 0. The van der Waals surface area contributed by atoms with Crippen molar-refractivity contribution in [2.75, 3.05) is 6.61 Å². The van der Waals surface area contributed by atoms with Gasteiger partial charge in [0.05, 0.1) is 12.6 Å². The van der Waals surface area contributed by atoms with Gasteiger partial charge in [0.25, 0.3) is 0 Å². The summed E-state index contributed by atoms with van der Waals surface area (Å²) in [6, 6.07) is 0.125. The van der Waals surface area contributed by atoms with Gasteiger partial charge in [-0.1, -0.05) is 13.8 Å². The molecule has 0 radical (unpaired) electrons. The molecule has 1 aromatic rings. The Bertz CT molecular complexity index is 208. The van der Waals surface area contributed by atoms with Gasteiger partial charge in [0.1, 0.15) is 12.7 Å². The van der Waals surface area contributed by atoms with Crippen LogP contribution in [-0.2, 0) is 0 Å². The van der Waals surface area contributed by atoms with E-state index in [1.807, 2.05) is 4.57 Å². The second-order valence-electron chi connectivity index (χ2n) is 3.38. The van der Waals surface area contributed by atoms with Crippen molar-refractivity contribution in [2.24, 2.45) is 5.92 Å². The van der Waals surface area contributed by atoms with Crippen molar-refractivity contribution >= 4 is 0 Å². The van der Waals surface area contributed by atoms with Crippen LogP contribution in [0.1, 0.15) is 26.3 Å². The minimum Gasteiger partial charge on any atom is -0.394 e. The number of hydrogen-bond acceptors (Lipinski definition) is 3. The third kappa shape index (κ3) is 2.30. The van der Waals surface area contributed by atoms with Gasteiger partial charge in [-0.05, 0) is 12.3 Å². The number of aromatic nitrogens is 3. The zero-order valence-corrected chi connectivity index (χ0v) is 7.51. The van der Waals surface area contributed by atoms with Crippen LogP contribution in [-0.4, -0.2) is 26.5 Å². The van der Waals surface area contributed by atoms with E-state index in [0.29, 0.717) is 5.92 Å². The molecule has 12 heavy (non-hydrogen) atoms. The Morgan fingerprint density at radius 3 is 2.33 bits per heavy atom. The summed E-state index contributed by atoms with van der Waals surface area (Å²) in [5.41, 5.74) is 0. The summed E-state index contributed by atoms with van der Waals surface area (Å²) in [4.78, 5) is 0. The average molecular weight is 169 g/mol. The molecule has 0 aliphatic heterocycles. The summed E-state index contributed by atoms with van der Waals surface area (Å²) < 4.78 is 1.85. The van der Waals surface area contributed by atoms with E-state index in [9.17, 15) is 0 Å². The van der Waals surface area contributed by atoms with E-state index in [0.717, 1.165) is 6.42 Å². The van der Waals surface area contributed by atoms with Crippen LogP contribution >= 0.6 is 0 Å². The van der Waals surface area contributed by atoms with Crippen LogP contribution in [0, 0.1) is 5.92 Å². The predicted molar refractivity (Wildman–Crippen MR) is 45.6 cm³/mol. The molecule has 0 aromatic carbocycles. The molecular weight excluding hydrogens is 154 g/mol. The summed E-state index contributed by atoms with van der Waals surface area (Å²) in [7, 11) is 0. The van der Waals surface area contributed by atoms with Gasteiger partial charge < -0.3 is 9.67 Å². The molecule has 1 unspecified atom stereocenters. The Kier molecular flexibility index (Phi) is 3.22. The first kappa shape index (κ1) is 9.19. The van der Waals surface area contributed by atoms with E-state index in [-0.39, 0.29) is 12.6 Å². The highest BCUT2D eigenvalue weighted by atomic mass is 16.3. The lowest BCUT2D eigenvalue weighted by Gasteiger charge is -2.16. The van der Waals surface area contributed by atoms with Crippen molar-refractivity contribution in [1.82, 2.24) is 14.8 Å². The van der Waals surface area contributed by atoms with E-state index < -0.39 is 0 Å². The van der Waals surface area contributed by atoms with E-state index in [2.05, 4.69) is 24.0 Å². The first-order valence-corrected chi connectivity index (χ1v) is 4.19. The van der Waals surface area contributed by atoms with Gasteiger partial charge in [0.15, 0.2) is 0 Å². The summed E-state index contributed by atoms with van der Waals surface area (Å²) in [5.74, 6) is 0.574. The molecule has 1 N–H and O–H groups in total. The molecule has 0 saturated heterocycles. The van der Waals surface area contributed by atoms with E-state index in [1.54, 1.807) is 12.7 Å². The Labute approximate surface area is 72.2 Å². The molecule has 1 atom stereocenters. The molecule has 1 rings (SSSR count). The lowest BCUT2D eigenvalue weighted by atomic mass is 10.0. The molecule has 0 aliphatic rings. The van der Waals surface area contributed by atoms with Gasteiger partial charge in [-0.3, -0.25) is 0 Å². The SMILES string of the molecule is CC(C)CC(CO)n1cnnc1. The first-order valence-electron chi connectivity index (χ1n) is 4.19. The number of rotatable bonds is 4. The molecule has 68 valence electrons. The Hall–Kier alpha value is -0.900. The normalized spacial score (nSPS) is 13.7. The fourth-order valence-corrected chi connectivity index (χ4v) is 1.23. The molecular formula is C8H15N3O. The van der Waals surface area contributed by atoms with E-state index >= 15 is 0 Å². The van der Waals surface area contributed by atoms with Crippen LogP contribution in [0.2, 0.25) is 0 Å². The van der Waals surface area contributed by atoms with Crippen molar-refractivity contribution in [3.05, 3.63) is 12.7 Å². The third-order valence-corrected chi connectivity index (χ3v) is 1.81. The monoisotopic (exact) mass is 169 g/mol. The molecule has 0 aliphatic carbocycles. The Morgan fingerprint density at radius 1 is 1.33 bits per heavy atom. The van der Waals surface area contributed by atoms with Gasteiger partial charge in [-0.25, -0.2) is 0 Å². The quantitative estimate of drug-likeness (QED) is 0.727. The summed E-state index contributed by atoms with van der Waals surface area (Å²) in [5, 5.41) is 16.5. The standard InChI is InChI=1S/C8H15N3O/c1-7(2)3-8(4-12)11-5-9-10-6-11/h5-8,12H,3-4H2,1-2H3. The molecule has 4 nitrogen and oxygen atoms in total. The maximum absolute atomic E-state index is 9.07. The van der Waals surface area contributed by atoms with Gasteiger partial charge in [-0.15, -0.1) is 10.2 Å². The summed E-state index contributed by atoms with van der Waals surface area (Å²) in [6.07, 6.45) is 4.24. The zero-order chi connectivity index (χ0) is 8.97. The van der Waals surface area contributed by atoms with Crippen LogP contribution in [0.4, 0.5) is 0 Å². The van der Waals surface area contributed by atoms with Crippen molar-refractivity contribution in [3.8, 4) is 0 Å². The average Bonchev–Trinajstić information content (AvgIpc) is 2.51. The molecule has 0 bridgehead atoms. The van der Waals surface area contributed by atoms with Crippen LogP contribution in [0.15, 0.2) is 12.7 Å². The molecule has 1 heterocycles. The fraction of sp³-hybridized carbons (Fsp3) is 0.750. The lowest BCUT2D eigenvalue weighted by Crippen LogP contribution is -2.13. The number of hydrogen-bond donors (Lipinski definition) is 1. The Morgan fingerprint density at radius 2 is 1.92 bits per heavy atom. The summed E-state index contributed by atoms with van der Waals surface area (Å²) in [6.45, 7) is 4.41. The number of nitrogens with zero attached hydrogens (tertiary/aromatic N) is 3. The van der Waals surface area contributed by atoms with Crippen LogP contribution in [0.5, 0.6) is 0 Å². The molecule has 0 fully saturated rings. The number of aliphatic hydroxyl groups excluding tert-OH is 1. The van der Waals surface area contributed by atoms with Crippen LogP contribution in [0.3, 0.4) is 0 Å². The molecule has 0 amide bonds. The van der Waals surface area contributed by atoms with Gasteiger partial charge >= 0.3 is 0 Å². The minimum atomic E-state index is 0.125. The second-order valence-corrected chi connectivity index (χ2v) is 3.38. The van der Waals surface area contributed by atoms with Crippen molar-refractivity contribution in [1.29, 1.82) is 0 Å². The Balaban J connectivity index is 2.57. The van der Waals surface area contributed by atoms with Gasteiger partial charge in [-0.2, -0.15) is 0 Å². The van der Waals surface area contributed by atoms with Gasteiger partial charge in [0.2, 0.25) is 0 Å². The first-order chi connectivity index (χ1) is 5.74. The van der Waals surface area contributed by atoms with Crippen molar-refractivity contribution in [3.63, 3.8) is 0 Å². The van der Waals surface area contributed by atoms with E-state index in [1.165, 1.54) is 0 Å². The molecule has 0 spiro atoms. The molecule has 1 aromatic heterocycles. The highest BCUT2D eigenvalue weighted by Gasteiger charge is 2.10. The van der Waals surface area contributed by atoms with Crippen LogP contribution < -0.4 is 0 Å². The molecule has 4 heteroatoms. The predicted octanol–water partition coefficient (Wildman–Crippen LogP) is 0.858. The minimum absolute atomic E-state index is 0.125. The largest absolute Gasteiger partial charge is 0.394 e. The zero-order valence-electron chi connectivity index (χ0n) is 7.51. The maximum atomic E-state index is 9.07. The highest BCUT2D eigenvalue weighted by Crippen LogP contribution is 2.15. The van der Waals surface area contributed by atoms with E-state index in [4.69, 9.17) is 5.11 Å². The maximum Gasteiger partial charge on any atom is 0.119 e. The smallest absolute Gasteiger partial charge is 0.119 e. The fourth-order valence-electron chi connectivity index (χ4n) is 1.23. The highest BCUT2D eigenvalue weighted by molar-refractivity contribution is 4.72. The third-order valence-electron chi connectivity index (χ3n) is 1.81. The lowest BCUT2D eigenvalue weighted by molar-refractivity contribution is 0.208. The molecule has 0 saturated carbocycles. The second kappa shape index (κ2) is 4.21. The van der Waals surface area contributed by atoms with Gasteiger partial charge in [0, 0.05) is 0 Å². The topological polar surface area (TPSA) is 50.9 Å².